The number of nitrogens with one attached hydrogen (secondary N) is 1. The van der Waals surface area contributed by atoms with E-state index in [-0.39, 0.29) is 31.1 Å². The number of likely N-dealkylation sites (N-methyl/N-ethyl adjacent to an activating group) is 1. The van der Waals surface area contributed by atoms with Crippen LogP contribution in [-0.2, 0) is 33.8 Å². The zero-order chi connectivity index (χ0) is 18.7. The molecule has 3 rings (SSSR count). The monoisotopic (exact) mass is 362 g/mol. The highest BCUT2D eigenvalue weighted by molar-refractivity contribution is 5.98. The van der Waals surface area contributed by atoms with Gasteiger partial charge in [0.2, 0.25) is 11.8 Å². The molecule has 26 heavy (non-hydrogen) atoms. The number of likely N-dealkylation sites (tertiary alicyclic amines) is 1. The normalized spacial score (nSPS) is 22.2. The van der Waals surface area contributed by atoms with E-state index >= 15 is 0 Å². The summed E-state index contributed by atoms with van der Waals surface area (Å²) < 4.78 is 11.0. The summed E-state index contributed by atoms with van der Waals surface area (Å²) in [6.07, 6.45) is 0.161. The molecule has 0 unspecified atom stereocenters. The molecule has 1 fully saturated rings. The number of aromatic nitrogens is 1. The predicted octanol–water partition coefficient (Wildman–Crippen LogP) is -0.142. The van der Waals surface area contributed by atoms with Gasteiger partial charge < -0.3 is 24.8 Å². The van der Waals surface area contributed by atoms with E-state index in [1.807, 2.05) is 20.0 Å². The second kappa shape index (κ2) is 8.11. The number of fused-ring (bicyclic) bond motifs is 1. The van der Waals surface area contributed by atoms with Gasteiger partial charge in [0.15, 0.2) is 0 Å². The summed E-state index contributed by atoms with van der Waals surface area (Å²) in [5.74, 6) is 0.387. The number of carbonyl (C=O) groups is 1. The molecule has 0 spiro atoms. The Hall–Kier alpha value is -2.03. The lowest BCUT2D eigenvalue weighted by atomic mass is 10.1. The number of rotatable bonds is 6. The number of amides is 1. The van der Waals surface area contributed by atoms with E-state index < -0.39 is 0 Å². The van der Waals surface area contributed by atoms with Crippen molar-refractivity contribution in [2.45, 2.75) is 38.6 Å². The van der Waals surface area contributed by atoms with Crippen LogP contribution in [0.25, 0.3) is 0 Å². The van der Waals surface area contributed by atoms with E-state index in [1.54, 1.807) is 7.11 Å². The molecular weight excluding hydrogens is 336 g/mol. The lowest BCUT2D eigenvalue weighted by Gasteiger charge is -2.20. The van der Waals surface area contributed by atoms with Crippen molar-refractivity contribution in [3.8, 4) is 0 Å². The third kappa shape index (κ3) is 3.87. The van der Waals surface area contributed by atoms with Crippen molar-refractivity contribution in [3.63, 3.8) is 0 Å². The number of hydrogen-bond donors (Lipinski definition) is 2. The highest BCUT2D eigenvalue weighted by atomic mass is 16.5. The van der Waals surface area contributed by atoms with Crippen LogP contribution < -0.4 is 5.32 Å². The number of aliphatic hydroxyl groups excluding tert-OH is 1. The van der Waals surface area contributed by atoms with Gasteiger partial charge in [-0.05, 0) is 25.6 Å². The fraction of sp³-hybridized carbons (Fsp3) is 0.611. The molecule has 2 aliphatic heterocycles. The number of carbonyl (C=O) groups excluding carboxylic acids is 1. The van der Waals surface area contributed by atoms with E-state index in [0.29, 0.717) is 30.4 Å². The number of aliphatic imine (C=N–C) groups is 1. The van der Waals surface area contributed by atoms with Gasteiger partial charge in [0.1, 0.15) is 0 Å². The lowest BCUT2D eigenvalue weighted by molar-refractivity contribution is -0.122. The van der Waals surface area contributed by atoms with Crippen molar-refractivity contribution in [1.82, 2.24) is 15.2 Å². The van der Waals surface area contributed by atoms with Gasteiger partial charge in [0.05, 0.1) is 55.8 Å². The van der Waals surface area contributed by atoms with Gasteiger partial charge in [-0.15, -0.1) is 0 Å². The summed E-state index contributed by atoms with van der Waals surface area (Å²) in [7, 11) is 3.56. The van der Waals surface area contributed by atoms with E-state index in [0.717, 1.165) is 24.2 Å². The maximum atomic E-state index is 12.5. The number of nitrogens with zero attached hydrogens (tertiary/aromatic N) is 3. The number of methoxy groups -OCH3 is 1. The molecule has 3 heterocycles. The Balaban J connectivity index is 1.69. The maximum absolute atomic E-state index is 12.5. The van der Waals surface area contributed by atoms with Crippen LogP contribution in [0.4, 0.5) is 0 Å². The van der Waals surface area contributed by atoms with Gasteiger partial charge in [-0.2, -0.15) is 0 Å². The van der Waals surface area contributed by atoms with Crippen molar-refractivity contribution in [2.24, 2.45) is 4.99 Å². The summed E-state index contributed by atoms with van der Waals surface area (Å²) in [6.45, 7) is 4.41. The van der Waals surface area contributed by atoms with Crippen molar-refractivity contribution >= 4 is 11.8 Å². The van der Waals surface area contributed by atoms with Crippen molar-refractivity contribution in [2.75, 3.05) is 33.9 Å². The number of aliphatic hydroxyl groups is 1. The number of hydrogen-bond acceptors (Lipinski definition) is 7. The zero-order valence-corrected chi connectivity index (χ0v) is 15.5. The van der Waals surface area contributed by atoms with Crippen molar-refractivity contribution < 1.29 is 19.4 Å². The first-order valence-corrected chi connectivity index (χ1v) is 8.86. The molecule has 142 valence electrons. The van der Waals surface area contributed by atoms with Gasteiger partial charge in [-0.25, -0.2) is 4.99 Å². The predicted molar refractivity (Wildman–Crippen MR) is 96.0 cm³/mol. The lowest BCUT2D eigenvalue weighted by Crippen LogP contribution is -2.44. The third-order valence-corrected chi connectivity index (χ3v) is 4.70. The van der Waals surface area contributed by atoms with Crippen LogP contribution in [0.5, 0.6) is 0 Å². The summed E-state index contributed by atoms with van der Waals surface area (Å²) in [5, 5.41) is 12.7. The molecule has 8 heteroatoms. The van der Waals surface area contributed by atoms with E-state index in [2.05, 4.69) is 20.2 Å². The Morgan fingerprint density at radius 2 is 2.27 bits per heavy atom. The molecule has 2 aliphatic rings. The summed E-state index contributed by atoms with van der Waals surface area (Å²) in [6, 6.07) is 1.84. The Kier molecular flexibility index (Phi) is 5.85. The first-order valence-electron chi connectivity index (χ1n) is 8.86. The molecule has 0 radical (unpaired) electrons. The van der Waals surface area contributed by atoms with Crippen LogP contribution >= 0.6 is 0 Å². The van der Waals surface area contributed by atoms with E-state index in [4.69, 9.17) is 9.47 Å². The van der Waals surface area contributed by atoms with Crippen molar-refractivity contribution in [1.29, 1.82) is 0 Å². The Morgan fingerprint density at radius 3 is 2.96 bits per heavy atom. The highest BCUT2D eigenvalue weighted by Gasteiger charge is 2.32. The summed E-state index contributed by atoms with van der Waals surface area (Å²) in [4.78, 5) is 23.4. The van der Waals surface area contributed by atoms with Crippen LogP contribution in [0, 0.1) is 0 Å². The van der Waals surface area contributed by atoms with Crippen molar-refractivity contribution in [3.05, 3.63) is 28.6 Å². The standard InChI is InChI=1S/C18H26N4O4/c1-4-26-15-9-22(2)8-13(15)21-16(24)6-12-5-11-7-19-18(25-3)17(11)14(10-23)20-12/h5,13,15,23H,4,6-10H2,1-3H3,(H,21,24)/t13-,15-/m1/s1. The molecule has 1 amide bonds. The van der Waals surface area contributed by atoms with E-state index in [1.165, 1.54) is 0 Å². The molecule has 8 nitrogen and oxygen atoms in total. The van der Waals surface area contributed by atoms with Gasteiger partial charge in [-0.1, -0.05) is 0 Å². The fourth-order valence-electron chi connectivity index (χ4n) is 3.62. The van der Waals surface area contributed by atoms with Crippen LogP contribution in [0.15, 0.2) is 11.1 Å². The minimum atomic E-state index is -0.222. The molecule has 0 aromatic carbocycles. The molecule has 1 aromatic rings. The Bertz CT molecular complexity index is 707. The maximum Gasteiger partial charge on any atom is 0.226 e. The zero-order valence-electron chi connectivity index (χ0n) is 15.5. The first-order chi connectivity index (χ1) is 12.5. The van der Waals surface area contributed by atoms with Crippen LogP contribution in [-0.4, -0.2) is 72.8 Å². The van der Waals surface area contributed by atoms with Gasteiger partial charge in [0, 0.05) is 19.7 Å². The van der Waals surface area contributed by atoms with Crippen LogP contribution in [0.2, 0.25) is 0 Å². The Morgan fingerprint density at radius 1 is 1.46 bits per heavy atom. The molecule has 0 bridgehead atoms. The summed E-state index contributed by atoms with van der Waals surface area (Å²) in [5.41, 5.74) is 2.79. The highest BCUT2D eigenvalue weighted by Crippen LogP contribution is 2.23. The minimum Gasteiger partial charge on any atom is -0.481 e. The molecule has 0 saturated carbocycles. The van der Waals surface area contributed by atoms with Crippen LogP contribution in [0.3, 0.4) is 0 Å². The number of pyridine rings is 1. The SMILES string of the molecule is CCO[C@@H]1CN(C)C[C@H]1NC(=O)Cc1cc2c(c(CO)n1)C(OC)=NC2. The molecule has 2 N–H and O–H groups in total. The van der Waals surface area contributed by atoms with Gasteiger partial charge in [-0.3, -0.25) is 9.78 Å². The van der Waals surface area contributed by atoms with E-state index in [9.17, 15) is 9.90 Å². The average molecular weight is 362 g/mol. The molecule has 0 aliphatic carbocycles. The van der Waals surface area contributed by atoms with Gasteiger partial charge in [0.25, 0.3) is 0 Å². The average Bonchev–Trinajstić information content (AvgIpc) is 3.17. The topological polar surface area (TPSA) is 96.3 Å². The molecule has 1 saturated heterocycles. The molecule has 1 aromatic heterocycles. The molecule has 2 atom stereocenters. The largest absolute Gasteiger partial charge is 0.481 e. The smallest absolute Gasteiger partial charge is 0.226 e. The second-order valence-electron chi connectivity index (χ2n) is 6.64. The quantitative estimate of drug-likeness (QED) is 0.731. The number of ether oxygens (including phenoxy) is 2. The third-order valence-electron chi connectivity index (χ3n) is 4.70. The van der Waals surface area contributed by atoms with Gasteiger partial charge >= 0.3 is 0 Å². The minimum absolute atomic E-state index is 0.00703. The first kappa shape index (κ1) is 18.8. The summed E-state index contributed by atoms with van der Waals surface area (Å²) >= 11 is 0. The second-order valence-corrected chi connectivity index (χ2v) is 6.64. The molecular formula is C18H26N4O4. The Labute approximate surface area is 153 Å². The fourth-order valence-corrected chi connectivity index (χ4v) is 3.62. The van der Waals surface area contributed by atoms with Crippen LogP contribution in [0.1, 0.15) is 29.4 Å².